The van der Waals surface area contributed by atoms with Crippen molar-refractivity contribution in [1.82, 2.24) is 0 Å². The molecule has 1 heteroatoms. The van der Waals surface area contributed by atoms with E-state index in [0.717, 1.165) is 6.42 Å². The van der Waals surface area contributed by atoms with Crippen molar-refractivity contribution in [3.05, 3.63) is 22.6 Å². The zero-order chi connectivity index (χ0) is 9.56. The van der Waals surface area contributed by atoms with Crippen LogP contribution in [0.5, 0.6) is 0 Å². The Balaban J connectivity index is 4.61. The Hall–Kier alpha value is -0.170. The lowest BCUT2D eigenvalue weighted by atomic mass is 10.0. The highest BCUT2D eigenvalue weighted by Gasteiger charge is 2.06. The highest BCUT2D eigenvalue weighted by Crippen LogP contribution is 2.27. The fourth-order valence-electron chi connectivity index (χ4n) is 1.24. The second-order valence-electron chi connectivity index (χ2n) is 3.08. The van der Waals surface area contributed by atoms with Gasteiger partial charge in [-0.2, -0.15) is 0 Å². The van der Waals surface area contributed by atoms with Crippen molar-refractivity contribution < 1.29 is 0 Å². The van der Waals surface area contributed by atoms with Gasteiger partial charge in [-0.3, -0.25) is 0 Å². The lowest BCUT2D eigenvalue weighted by molar-refractivity contribution is 0.782. The summed E-state index contributed by atoms with van der Waals surface area (Å²) >= 11 is 1.84. The van der Waals surface area contributed by atoms with E-state index < -0.39 is 0 Å². The molecule has 0 rings (SSSR count). The minimum absolute atomic E-state index is 0.642. The van der Waals surface area contributed by atoms with Gasteiger partial charge in [-0.25, -0.2) is 0 Å². The van der Waals surface area contributed by atoms with Crippen LogP contribution >= 0.6 is 11.8 Å². The van der Waals surface area contributed by atoms with Gasteiger partial charge in [0.15, 0.2) is 0 Å². The highest BCUT2D eigenvalue weighted by molar-refractivity contribution is 8.02. The van der Waals surface area contributed by atoms with Crippen molar-refractivity contribution in [3.8, 4) is 0 Å². The van der Waals surface area contributed by atoms with E-state index in [4.69, 9.17) is 0 Å². The minimum Gasteiger partial charge on any atom is -0.130 e. The van der Waals surface area contributed by atoms with E-state index in [-0.39, 0.29) is 0 Å². The molecule has 0 aromatic rings. The van der Waals surface area contributed by atoms with Crippen molar-refractivity contribution in [2.45, 2.75) is 34.1 Å². The van der Waals surface area contributed by atoms with Gasteiger partial charge in [-0.15, -0.1) is 11.8 Å². The molecule has 0 N–H and O–H groups in total. The van der Waals surface area contributed by atoms with E-state index >= 15 is 0 Å². The third-order valence-electron chi connectivity index (χ3n) is 1.81. The number of hydrogen-bond acceptors (Lipinski definition) is 1. The molecular formula is C11H20S. The Morgan fingerprint density at radius 3 is 2.25 bits per heavy atom. The summed E-state index contributed by atoms with van der Waals surface area (Å²) < 4.78 is 0. The summed E-state index contributed by atoms with van der Waals surface area (Å²) in [6.45, 7) is 8.80. The molecule has 0 aliphatic carbocycles. The molecule has 0 aliphatic rings. The van der Waals surface area contributed by atoms with Gasteiger partial charge in [0.05, 0.1) is 0 Å². The van der Waals surface area contributed by atoms with E-state index in [0.29, 0.717) is 5.92 Å². The molecule has 70 valence electrons. The summed E-state index contributed by atoms with van der Waals surface area (Å²) in [4.78, 5) is 1.42. The molecule has 0 amide bonds. The maximum atomic E-state index is 2.33. The summed E-state index contributed by atoms with van der Waals surface area (Å²) in [5, 5.41) is 0. The summed E-state index contributed by atoms with van der Waals surface area (Å²) in [7, 11) is 0. The zero-order valence-corrected chi connectivity index (χ0v) is 9.66. The Labute approximate surface area is 81.1 Å². The molecule has 0 atom stereocenters. The van der Waals surface area contributed by atoms with Crippen molar-refractivity contribution in [1.29, 1.82) is 0 Å². The van der Waals surface area contributed by atoms with Crippen LogP contribution in [-0.4, -0.2) is 6.26 Å². The second kappa shape index (κ2) is 6.36. The van der Waals surface area contributed by atoms with Gasteiger partial charge in [0.25, 0.3) is 0 Å². The summed E-state index contributed by atoms with van der Waals surface area (Å²) in [6, 6.07) is 0. The topological polar surface area (TPSA) is 0 Å². The van der Waals surface area contributed by atoms with Gasteiger partial charge in [-0.05, 0) is 31.1 Å². The molecule has 0 saturated carbocycles. The van der Waals surface area contributed by atoms with Gasteiger partial charge >= 0.3 is 0 Å². The maximum absolute atomic E-state index is 2.33. The molecule has 12 heavy (non-hydrogen) atoms. The lowest BCUT2D eigenvalue weighted by Crippen LogP contribution is -1.95. The quantitative estimate of drug-likeness (QED) is 0.589. The van der Waals surface area contributed by atoms with Crippen LogP contribution < -0.4 is 0 Å². The van der Waals surface area contributed by atoms with Gasteiger partial charge in [0.1, 0.15) is 0 Å². The number of allylic oxidation sites excluding steroid dienone is 3. The van der Waals surface area contributed by atoms with E-state index in [1.165, 1.54) is 10.5 Å². The van der Waals surface area contributed by atoms with Crippen molar-refractivity contribution >= 4 is 11.8 Å². The average Bonchev–Trinajstić information content (AvgIpc) is 2.05. The predicted molar refractivity (Wildman–Crippen MR) is 60.5 cm³/mol. The molecule has 0 aliphatic heterocycles. The molecule has 0 unspecified atom stereocenters. The third kappa shape index (κ3) is 3.48. The summed E-state index contributed by atoms with van der Waals surface area (Å²) in [6.07, 6.45) is 7.80. The molecule has 0 heterocycles. The van der Waals surface area contributed by atoms with Crippen LogP contribution in [0.1, 0.15) is 34.1 Å². The van der Waals surface area contributed by atoms with E-state index in [1.54, 1.807) is 0 Å². The molecule has 0 nitrogen and oxygen atoms in total. The lowest BCUT2D eigenvalue weighted by Gasteiger charge is -2.13. The van der Waals surface area contributed by atoms with Crippen molar-refractivity contribution in [3.63, 3.8) is 0 Å². The first-order valence-corrected chi connectivity index (χ1v) is 5.80. The molecular weight excluding hydrogens is 164 g/mol. The van der Waals surface area contributed by atoms with Gasteiger partial charge < -0.3 is 0 Å². The first-order valence-electron chi connectivity index (χ1n) is 4.58. The van der Waals surface area contributed by atoms with E-state index in [9.17, 15) is 0 Å². The Kier molecular flexibility index (Phi) is 6.27. The van der Waals surface area contributed by atoms with Gasteiger partial charge in [0, 0.05) is 4.91 Å². The average molecular weight is 184 g/mol. The number of rotatable bonds is 4. The van der Waals surface area contributed by atoms with Crippen LogP contribution in [0.15, 0.2) is 22.6 Å². The first-order chi connectivity index (χ1) is 5.67. The Morgan fingerprint density at radius 1 is 1.42 bits per heavy atom. The van der Waals surface area contributed by atoms with Crippen LogP contribution in [0.2, 0.25) is 0 Å². The Bertz CT molecular complexity index is 175. The first kappa shape index (κ1) is 11.8. The van der Waals surface area contributed by atoms with Gasteiger partial charge in [0.2, 0.25) is 0 Å². The van der Waals surface area contributed by atoms with Gasteiger partial charge in [-0.1, -0.05) is 32.9 Å². The highest BCUT2D eigenvalue weighted by atomic mass is 32.2. The third-order valence-corrected chi connectivity index (χ3v) is 2.72. The molecule has 0 bridgehead atoms. The molecule has 0 aromatic heterocycles. The fourth-order valence-corrected chi connectivity index (χ4v) is 2.03. The monoisotopic (exact) mass is 184 g/mol. The Morgan fingerprint density at radius 2 is 2.00 bits per heavy atom. The molecule has 0 fully saturated rings. The van der Waals surface area contributed by atoms with E-state index in [1.807, 2.05) is 11.8 Å². The fraction of sp³-hybridized carbons (Fsp3) is 0.636. The number of thioether (sulfide) groups is 1. The smallest absolute Gasteiger partial charge is 0.00579 e. The summed E-state index contributed by atoms with van der Waals surface area (Å²) in [5.41, 5.74) is 1.49. The predicted octanol–water partition coefficient (Wildman–Crippen LogP) is 4.25. The van der Waals surface area contributed by atoms with E-state index in [2.05, 4.69) is 46.1 Å². The molecule has 0 radical (unpaired) electrons. The minimum atomic E-state index is 0.642. The molecule has 0 aromatic carbocycles. The van der Waals surface area contributed by atoms with Crippen LogP contribution in [0.25, 0.3) is 0 Å². The maximum Gasteiger partial charge on any atom is 0.00579 e. The molecule has 0 saturated heterocycles. The molecule has 0 spiro atoms. The SMILES string of the molecule is C/C=C(SC)\C(=C/CC)C(C)C. The van der Waals surface area contributed by atoms with Crippen LogP contribution in [0.3, 0.4) is 0 Å². The zero-order valence-electron chi connectivity index (χ0n) is 8.85. The van der Waals surface area contributed by atoms with Crippen LogP contribution in [-0.2, 0) is 0 Å². The largest absolute Gasteiger partial charge is 0.130 e. The summed E-state index contributed by atoms with van der Waals surface area (Å²) in [5.74, 6) is 0.642. The van der Waals surface area contributed by atoms with Crippen molar-refractivity contribution in [2.24, 2.45) is 5.92 Å². The second-order valence-corrected chi connectivity index (χ2v) is 3.93. The van der Waals surface area contributed by atoms with Crippen LogP contribution in [0, 0.1) is 5.92 Å². The number of hydrogen-bond donors (Lipinski definition) is 0. The normalized spacial score (nSPS) is 14.2. The van der Waals surface area contributed by atoms with Crippen LogP contribution in [0.4, 0.5) is 0 Å². The standard InChI is InChI=1S/C11H20S/c1-6-8-10(9(3)4)11(7-2)12-5/h7-9H,6H2,1-5H3/b10-8-,11-7+. The van der Waals surface area contributed by atoms with Crippen molar-refractivity contribution in [2.75, 3.05) is 6.26 Å².